The smallest absolute Gasteiger partial charge is 0.389 e. The third-order valence-corrected chi connectivity index (χ3v) is 0.652. The Labute approximate surface area is 50.7 Å². The number of rotatable bonds is 3. The minimum Gasteiger partial charge on any atom is -0.549 e. The van der Waals surface area contributed by atoms with Gasteiger partial charge in [0.1, 0.15) is 0 Å². The van der Waals surface area contributed by atoms with Crippen LogP contribution in [-0.4, -0.2) is 28.9 Å². The second-order valence-corrected chi connectivity index (χ2v) is 1.21. The molecule has 0 heterocycles. The van der Waals surface area contributed by atoms with Crippen molar-refractivity contribution in [2.24, 2.45) is 0 Å². The molecule has 0 aromatic carbocycles. The number of carbonyl (C=O) groups is 1. The van der Waals surface area contributed by atoms with Crippen LogP contribution in [0.3, 0.4) is 0 Å². The Morgan fingerprint density at radius 1 is 1.75 bits per heavy atom. The minimum absolute atomic E-state index is 0.0625. The van der Waals surface area contributed by atoms with Gasteiger partial charge in [-0.15, -0.1) is 0 Å². The first-order valence-electron chi connectivity index (χ1n) is 2.45. The molecule has 0 bridgehead atoms. The molecule has 0 radical (unpaired) electrons. The molecule has 0 rings (SSSR count). The summed E-state index contributed by atoms with van der Waals surface area (Å²) in [7, 11) is 1.95. The Balaban J connectivity index is 2.99. The molecule has 0 aromatic rings. The van der Waals surface area contributed by atoms with Gasteiger partial charge >= 0.3 is 15.5 Å². The number of hydrogen-bond acceptors (Lipinski definition) is 3. The Bertz CT molecular complexity index is 74.9. The summed E-state index contributed by atoms with van der Waals surface area (Å²) in [6, 6.07) is 0. The summed E-state index contributed by atoms with van der Waals surface area (Å²) in [5.41, 5.74) is 0. The van der Waals surface area contributed by atoms with Crippen molar-refractivity contribution in [2.45, 2.75) is 6.82 Å². The van der Waals surface area contributed by atoms with Gasteiger partial charge in [0.2, 0.25) is 0 Å². The molecule has 0 saturated heterocycles. The van der Waals surface area contributed by atoms with Gasteiger partial charge in [0.05, 0.1) is 0 Å². The molecular weight excluding hydrogens is 104 g/mol. The summed E-state index contributed by atoms with van der Waals surface area (Å²) in [6.45, 7) is 1.82. The third-order valence-electron chi connectivity index (χ3n) is 0.652. The maximum atomic E-state index is 10.2. The zero-order valence-electron chi connectivity index (χ0n) is 5.14. The van der Waals surface area contributed by atoms with E-state index in [1.807, 2.05) is 6.82 Å². The molecule has 0 N–H and O–H groups in total. The predicted molar refractivity (Wildman–Crippen MR) is 36.3 cm³/mol. The van der Waals surface area contributed by atoms with Gasteiger partial charge in [0.25, 0.3) is 13.4 Å². The average Bonchev–Trinajstić information content (AvgIpc) is 1.83. The molecule has 3 nitrogen and oxygen atoms in total. The third kappa shape index (κ3) is 3.80. The Morgan fingerprint density at radius 2 is 2.38 bits per heavy atom. The maximum Gasteiger partial charge on any atom is 0.389 e. The van der Waals surface area contributed by atoms with Crippen molar-refractivity contribution in [1.29, 1.82) is 0 Å². The minimum atomic E-state index is -0.327. The van der Waals surface area contributed by atoms with Gasteiger partial charge in [0.15, 0.2) is 0 Å². The molecule has 0 aliphatic heterocycles. The molecule has 8 heavy (non-hydrogen) atoms. The van der Waals surface area contributed by atoms with Crippen LogP contribution in [-0.2, 0) is 9.23 Å². The standard InChI is InChI=1S/C2H7B3O3/c1-4-8-5-2(6)7-3/h4-5H,3H2,1H3. The lowest BCUT2D eigenvalue weighted by molar-refractivity contribution is 0.226. The van der Waals surface area contributed by atoms with Gasteiger partial charge in [-0.1, -0.05) is 6.82 Å². The summed E-state index contributed by atoms with van der Waals surface area (Å²) in [4.78, 5) is 10.2. The van der Waals surface area contributed by atoms with Gasteiger partial charge in [0, 0.05) is 0 Å². The normalized spacial score (nSPS) is 7.62. The zero-order valence-corrected chi connectivity index (χ0v) is 5.14. The lowest BCUT2D eigenvalue weighted by Crippen LogP contribution is -2.14. The lowest BCUT2D eigenvalue weighted by Gasteiger charge is -1.94. The number of hydrogen-bond donors (Lipinski definition) is 0. The van der Waals surface area contributed by atoms with Gasteiger partial charge in [-0.25, -0.2) is 0 Å². The molecule has 0 aromatic heterocycles. The van der Waals surface area contributed by atoms with Crippen LogP contribution < -0.4 is 0 Å². The first kappa shape index (κ1) is 7.62. The Hall–Kier alpha value is -0.375. The molecule has 0 atom stereocenters. The second kappa shape index (κ2) is 4.78. The van der Waals surface area contributed by atoms with Crippen molar-refractivity contribution >= 4 is 28.9 Å². The van der Waals surface area contributed by atoms with Crippen molar-refractivity contribution < 1.29 is 14.0 Å². The van der Waals surface area contributed by atoms with Crippen LogP contribution >= 0.6 is 0 Å². The van der Waals surface area contributed by atoms with Gasteiger partial charge in [-0.05, 0) is 0 Å². The van der Waals surface area contributed by atoms with Gasteiger partial charge < -0.3 is 9.23 Å². The highest BCUT2D eigenvalue weighted by Crippen LogP contribution is 1.73. The zero-order chi connectivity index (χ0) is 6.41. The van der Waals surface area contributed by atoms with E-state index >= 15 is 0 Å². The molecule has 0 aliphatic rings. The second-order valence-electron chi connectivity index (χ2n) is 1.21. The summed E-state index contributed by atoms with van der Waals surface area (Å²) in [5, 5.41) is 0. The quantitative estimate of drug-likeness (QED) is 0.413. The lowest BCUT2D eigenvalue weighted by atomic mass is 9.95. The first-order valence-corrected chi connectivity index (χ1v) is 2.45. The highest BCUT2D eigenvalue weighted by molar-refractivity contribution is 6.71. The van der Waals surface area contributed by atoms with E-state index in [4.69, 9.17) is 4.57 Å². The van der Waals surface area contributed by atoms with Crippen LogP contribution in [0.15, 0.2) is 0 Å². The largest absolute Gasteiger partial charge is 0.549 e. The Morgan fingerprint density at radius 3 is 2.75 bits per heavy atom. The fourth-order valence-electron chi connectivity index (χ4n) is 0.244. The van der Waals surface area contributed by atoms with Crippen LogP contribution in [0.1, 0.15) is 0 Å². The van der Waals surface area contributed by atoms with Gasteiger partial charge in [-0.3, -0.25) is 4.79 Å². The van der Waals surface area contributed by atoms with E-state index in [1.165, 1.54) is 8.05 Å². The first-order chi connectivity index (χ1) is 3.81. The van der Waals surface area contributed by atoms with Gasteiger partial charge in [-0.2, -0.15) is 0 Å². The van der Waals surface area contributed by atoms with Crippen molar-refractivity contribution in [3.63, 3.8) is 0 Å². The predicted octanol–water partition coefficient (Wildman–Crippen LogP) is -1.56. The molecule has 0 amide bonds. The highest BCUT2D eigenvalue weighted by Gasteiger charge is 2.00. The van der Waals surface area contributed by atoms with Crippen LogP contribution in [0.5, 0.6) is 0 Å². The average molecular weight is 112 g/mol. The monoisotopic (exact) mass is 112 g/mol. The molecule has 0 saturated carbocycles. The molecule has 0 aliphatic carbocycles. The fourth-order valence-corrected chi connectivity index (χ4v) is 0.244. The number of carbonyl (C=O) groups excluding carboxylic acids is 1. The maximum absolute atomic E-state index is 10.2. The van der Waals surface area contributed by atoms with Crippen molar-refractivity contribution in [3.05, 3.63) is 0 Å². The summed E-state index contributed by atoms with van der Waals surface area (Å²) < 4.78 is 9.00. The molecule has 0 spiro atoms. The SMILES string of the molecule is BOC(=O)BOBC. The van der Waals surface area contributed by atoms with Crippen LogP contribution in [0.2, 0.25) is 6.82 Å². The molecule has 6 heteroatoms. The molecular formula is C2H7B3O3. The van der Waals surface area contributed by atoms with E-state index in [-0.39, 0.29) is 13.4 Å². The summed E-state index contributed by atoms with van der Waals surface area (Å²) in [5.74, 6) is -0.327. The topological polar surface area (TPSA) is 35.5 Å². The summed E-state index contributed by atoms with van der Waals surface area (Å²) >= 11 is 0. The highest BCUT2D eigenvalue weighted by atomic mass is 16.5. The molecule has 0 unspecified atom stereocenters. The van der Waals surface area contributed by atoms with Crippen molar-refractivity contribution in [1.82, 2.24) is 0 Å². The van der Waals surface area contributed by atoms with E-state index in [0.29, 0.717) is 7.48 Å². The molecule has 0 fully saturated rings. The van der Waals surface area contributed by atoms with E-state index in [9.17, 15) is 4.79 Å². The van der Waals surface area contributed by atoms with E-state index in [1.54, 1.807) is 0 Å². The Kier molecular flexibility index (Phi) is 4.55. The van der Waals surface area contributed by atoms with E-state index in [2.05, 4.69) is 4.65 Å². The van der Waals surface area contributed by atoms with E-state index < -0.39 is 0 Å². The van der Waals surface area contributed by atoms with Crippen molar-refractivity contribution in [3.8, 4) is 0 Å². The van der Waals surface area contributed by atoms with Crippen LogP contribution in [0.4, 0.5) is 4.79 Å². The van der Waals surface area contributed by atoms with Crippen molar-refractivity contribution in [2.75, 3.05) is 0 Å². The van der Waals surface area contributed by atoms with E-state index in [0.717, 1.165) is 0 Å². The van der Waals surface area contributed by atoms with Crippen LogP contribution in [0, 0.1) is 0 Å². The molecule has 42 valence electrons. The fraction of sp³-hybridized carbons (Fsp3) is 0.500. The van der Waals surface area contributed by atoms with Crippen LogP contribution in [0.25, 0.3) is 0 Å². The summed E-state index contributed by atoms with van der Waals surface area (Å²) in [6.07, 6.45) is 0.